The molecule has 2 aromatic rings. The molecule has 0 unspecified atom stereocenters. The van der Waals surface area contributed by atoms with E-state index < -0.39 is 35.6 Å². The highest BCUT2D eigenvalue weighted by Crippen LogP contribution is 2.35. The zero-order valence-corrected chi connectivity index (χ0v) is 12.8. The number of aromatic nitrogens is 2. The second-order valence-corrected chi connectivity index (χ2v) is 5.40. The van der Waals surface area contributed by atoms with Gasteiger partial charge in [-0.3, -0.25) is 9.48 Å². The van der Waals surface area contributed by atoms with Crippen LogP contribution in [0.15, 0.2) is 22.7 Å². The Balaban J connectivity index is 2.74. The molecule has 0 aliphatic rings. The van der Waals surface area contributed by atoms with Gasteiger partial charge >= 0.3 is 6.18 Å². The lowest BCUT2D eigenvalue weighted by Gasteiger charge is -2.09. The molecule has 0 saturated heterocycles. The van der Waals surface area contributed by atoms with Gasteiger partial charge in [-0.1, -0.05) is 6.07 Å². The average molecular weight is 380 g/mol. The fourth-order valence-electron chi connectivity index (χ4n) is 2.16. The first-order valence-electron chi connectivity index (χ1n) is 5.98. The largest absolute Gasteiger partial charge is 0.394 e. The Morgan fingerprint density at radius 3 is 2.55 bits per heavy atom. The van der Waals surface area contributed by atoms with Crippen molar-refractivity contribution >= 4 is 21.8 Å². The van der Waals surface area contributed by atoms with Crippen molar-refractivity contribution in [3.8, 4) is 11.3 Å². The summed E-state index contributed by atoms with van der Waals surface area (Å²) in [5, 5.41) is 3.68. The normalized spacial score (nSPS) is 11.7. The van der Waals surface area contributed by atoms with Crippen LogP contribution in [0.1, 0.15) is 16.1 Å². The van der Waals surface area contributed by atoms with E-state index in [0.717, 1.165) is 10.7 Å². The summed E-state index contributed by atoms with van der Waals surface area (Å²) in [5.41, 5.74) is 4.04. The summed E-state index contributed by atoms with van der Waals surface area (Å²) in [6.07, 6.45) is -5.99. The molecule has 2 N–H and O–H groups in total. The van der Waals surface area contributed by atoms with Crippen LogP contribution in [-0.2, 0) is 13.5 Å². The van der Waals surface area contributed by atoms with Gasteiger partial charge in [0, 0.05) is 11.5 Å². The van der Waals surface area contributed by atoms with E-state index in [1.807, 2.05) is 0 Å². The van der Waals surface area contributed by atoms with Gasteiger partial charge in [0.25, 0.3) is 5.91 Å². The maximum absolute atomic E-state index is 14.1. The zero-order chi connectivity index (χ0) is 16.7. The van der Waals surface area contributed by atoms with E-state index in [1.165, 1.54) is 19.2 Å². The van der Waals surface area contributed by atoms with Gasteiger partial charge in [0.1, 0.15) is 5.82 Å². The molecule has 1 heterocycles. The number of nitrogens with two attached hydrogens (primary N) is 1. The highest BCUT2D eigenvalue weighted by molar-refractivity contribution is 9.10. The molecule has 1 aromatic carbocycles. The fraction of sp³-hybridized carbons (Fsp3) is 0.231. The van der Waals surface area contributed by atoms with Gasteiger partial charge in [-0.05, 0) is 28.1 Å². The van der Waals surface area contributed by atoms with Crippen molar-refractivity contribution in [3.63, 3.8) is 0 Å². The predicted octanol–water partition coefficient (Wildman–Crippen LogP) is 3.19. The van der Waals surface area contributed by atoms with Crippen molar-refractivity contribution < 1.29 is 22.4 Å². The SMILES string of the molecule is Cn1nc(CC(F)(F)F)c(C(N)=O)c1-c1c(F)cccc1Br. The summed E-state index contributed by atoms with van der Waals surface area (Å²) in [6.45, 7) is 0. The molecule has 0 bridgehead atoms. The van der Waals surface area contributed by atoms with Crippen molar-refractivity contribution in [3.05, 3.63) is 39.7 Å². The molecule has 118 valence electrons. The topological polar surface area (TPSA) is 60.9 Å². The first-order valence-corrected chi connectivity index (χ1v) is 6.78. The van der Waals surface area contributed by atoms with Crippen LogP contribution in [0, 0.1) is 5.82 Å². The maximum Gasteiger partial charge on any atom is 0.394 e. The Morgan fingerprint density at radius 2 is 2.05 bits per heavy atom. The smallest absolute Gasteiger partial charge is 0.365 e. The predicted molar refractivity (Wildman–Crippen MR) is 74.6 cm³/mol. The second kappa shape index (κ2) is 5.71. The lowest BCUT2D eigenvalue weighted by atomic mass is 10.0. The maximum atomic E-state index is 14.1. The van der Waals surface area contributed by atoms with E-state index in [0.29, 0.717) is 0 Å². The van der Waals surface area contributed by atoms with Gasteiger partial charge < -0.3 is 5.73 Å². The number of hydrogen-bond donors (Lipinski definition) is 1. The van der Waals surface area contributed by atoms with Gasteiger partial charge in [0.2, 0.25) is 0 Å². The summed E-state index contributed by atoms with van der Waals surface area (Å²) < 4.78 is 53.2. The van der Waals surface area contributed by atoms with Crippen LogP contribution >= 0.6 is 15.9 Å². The molecule has 0 radical (unpaired) electrons. The Hall–Kier alpha value is -1.90. The number of halogens is 5. The van der Waals surface area contributed by atoms with Crippen molar-refractivity contribution in [2.24, 2.45) is 12.8 Å². The Kier molecular flexibility index (Phi) is 4.28. The number of aryl methyl sites for hydroxylation is 1. The fourth-order valence-corrected chi connectivity index (χ4v) is 2.69. The average Bonchev–Trinajstić information content (AvgIpc) is 2.63. The molecule has 9 heteroatoms. The summed E-state index contributed by atoms with van der Waals surface area (Å²) in [5.74, 6) is -1.81. The third-order valence-electron chi connectivity index (χ3n) is 2.93. The highest BCUT2D eigenvalue weighted by Gasteiger charge is 2.34. The van der Waals surface area contributed by atoms with Crippen LogP contribution in [-0.4, -0.2) is 21.9 Å². The molecule has 0 fully saturated rings. The minimum absolute atomic E-state index is 0.0697. The Morgan fingerprint density at radius 1 is 1.41 bits per heavy atom. The minimum atomic E-state index is -4.57. The van der Waals surface area contributed by atoms with Crippen LogP contribution in [0.4, 0.5) is 17.6 Å². The molecule has 1 amide bonds. The van der Waals surface area contributed by atoms with E-state index in [2.05, 4.69) is 21.0 Å². The zero-order valence-electron chi connectivity index (χ0n) is 11.2. The van der Waals surface area contributed by atoms with Crippen molar-refractivity contribution in [1.29, 1.82) is 0 Å². The first-order chi connectivity index (χ1) is 10.1. The molecular weight excluding hydrogens is 370 g/mol. The number of nitrogens with zero attached hydrogens (tertiary/aromatic N) is 2. The van der Waals surface area contributed by atoms with Crippen LogP contribution in [0.3, 0.4) is 0 Å². The second-order valence-electron chi connectivity index (χ2n) is 4.55. The first kappa shape index (κ1) is 16.5. The number of benzene rings is 1. The third-order valence-corrected chi connectivity index (χ3v) is 3.59. The quantitative estimate of drug-likeness (QED) is 0.832. The van der Waals surface area contributed by atoms with Gasteiger partial charge in [-0.25, -0.2) is 4.39 Å². The number of alkyl halides is 3. The third kappa shape index (κ3) is 3.13. The standard InChI is InChI=1S/C13H10BrF4N3O/c1-21-11(9-6(14)3-2-4-7(9)15)10(12(19)22)8(20-21)5-13(16,17)18/h2-4H,5H2,1H3,(H2,19,22). The van der Waals surface area contributed by atoms with Gasteiger partial charge in [0.05, 0.1) is 28.9 Å². The van der Waals surface area contributed by atoms with Crippen molar-refractivity contribution in [2.75, 3.05) is 0 Å². The lowest BCUT2D eigenvalue weighted by molar-refractivity contribution is -0.127. The van der Waals surface area contributed by atoms with Crippen LogP contribution in [0.2, 0.25) is 0 Å². The van der Waals surface area contributed by atoms with Crippen LogP contribution in [0.25, 0.3) is 11.3 Å². The molecule has 0 atom stereocenters. The highest BCUT2D eigenvalue weighted by atomic mass is 79.9. The Labute approximate surface area is 131 Å². The molecule has 1 aromatic heterocycles. The minimum Gasteiger partial charge on any atom is -0.365 e. The summed E-state index contributed by atoms with van der Waals surface area (Å²) in [6, 6.07) is 4.04. The van der Waals surface area contributed by atoms with E-state index in [1.54, 1.807) is 0 Å². The summed E-state index contributed by atoms with van der Waals surface area (Å²) in [4.78, 5) is 11.6. The van der Waals surface area contributed by atoms with E-state index in [4.69, 9.17) is 5.73 Å². The monoisotopic (exact) mass is 379 g/mol. The van der Waals surface area contributed by atoms with E-state index in [-0.39, 0.29) is 15.7 Å². The molecule has 22 heavy (non-hydrogen) atoms. The molecule has 0 aliphatic heterocycles. The molecule has 0 aliphatic carbocycles. The number of hydrogen-bond acceptors (Lipinski definition) is 2. The number of carbonyl (C=O) groups is 1. The van der Waals surface area contributed by atoms with Crippen molar-refractivity contribution in [1.82, 2.24) is 9.78 Å². The van der Waals surface area contributed by atoms with E-state index >= 15 is 0 Å². The van der Waals surface area contributed by atoms with Crippen LogP contribution < -0.4 is 5.73 Å². The number of primary amides is 1. The number of carbonyl (C=O) groups excluding carboxylic acids is 1. The van der Waals surface area contributed by atoms with Gasteiger partial charge in [0.15, 0.2) is 0 Å². The summed E-state index contributed by atoms with van der Waals surface area (Å²) >= 11 is 3.12. The molecule has 2 rings (SSSR count). The molecule has 0 saturated carbocycles. The van der Waals surface area contributed by atoms with Crippen LogP contribution in [0.5, 0.6) is 0 Å². The summed E-state index contributed by atoms with van der Waals surface area (Å²) in [7, 11) is 1.32. The van der Waals surface area contributed by atoms with Crippen molar-refractivity contribution in [2.45, 2.75) is 12.6 Å². The van der Waals surface area contributed by atoms with Gasteiger partial charge in [-0.2, -0.15) is 18.3 Å². The molecular formula is C13H10BrF4N3O. The lowest BCUT2D eigenvalue weighted by Crippen LogP contribution is -2.18. The molecule has 4 nitrogen and oxygen atoms in total. The number of rotatable bonds is 3. The number of amides is 1. The van der Waals surface area contributed by atoms with E-state index in [9.17, 15) is 22.4 Å². The Bertz CT molecular complexity index is 719. The van der Waals surface area contributed by atoms with Gasteiger partial charge in [-0.15, -0.1) is 0 Å². The molecule has 0 spiro atoms.